The second-order valence-electron chi connectivity index (χ2n) is 6.34. The van der Waals surface area contributed by atoms with Crippen LogP contribution in [0, 0.1) is 0 Å². The highest BCUT2D eigenvalue weighted by Gasteiger charge is 2.38. The van der Waals surface area contributed by atoms with Gasteiger partial charge in [0, 0.05) is 30.8 Å². The SMILES string of the molecule is CCS(=O)(=O)C1CN(C(=O)CCc2c(OC)ccc3ccccc23)C1. The molecule has 1 aliphatic rings. The number of carbonyl (C=O) groups excluding carboxylic acids is 1. The van der Waals surface area contributed by atoms with E-state index in [2.05, 4.69) is 0 Å². The summed E-state index contributed by atoms with van der Waals surface area (Å²) in [4.78, 5) is 14.0. The number of hydrogen-bond donors (Lipinski definition) is 0. The molecule has 134 valence electrons. The van der Waals surface area contributed by atoms with E-state index in [1.165, 1.54) is 0 Å². The Morgan fingerprint density at radius 2 is 1.92 bits per heavy atom. The predicted octanol–water partition coefficient (Wildman–Crippen LogP) is 2.43. The summed E-state index contributed by atoms with van der Waals surface area (Å²) in [6.07, 6.45) is 0.925. The topological polar surface area (TPSA) is 63.7 Å². The molecule has 1 saturated heterocycles. The first-order chi connectivity index (χ1) is 12.0. The second kappa shape index (κ2) is 7.04. The molecule has 1 fully saturated rings. The Morgan fingerprint density at radius 1 is 1.20 bits per heavy atom. The summed E-state index contributed by atoms with van der Waals surface area (Å²) >= 11 is 0. The van der Waals surface area contributed by atoms with Gasteiger partial charge in [0.15, 0.2) is 9.84 Å². The van der Waals surface area contributed by atoms with E-state index in [0.29, 0.717) is 25.9 Å². The van der Waals surface area contributed by atoms with Gasteiger partial charge in [-0.1, -0.05) is 37.3 Å². The fraction of sp³-hybridized carbons (Fsp3) is 0.421. The highest BCUT2D eigenvalue weighted by Crippen LogP contribution is 2.29. The third-order valence-corrected chi connectivity index (χ3v) is 7.04. The molecule has 25 heavy (non-hydrogen) atoms. The number of ether oxygens (including phenoxy) is 1. The van der Waals surface area contributed by atoms with Crippen LogP contribution in [0.5, 0.6) is 5.75 Å². The number of benzene rings is 2. The van der Waals surface area contributed by atoms with Gasteiger partial charge in [0.25, 0.3) is 0 Å². The Labute approximate surface area is 148 Å². The number of methoxy groups -OCH3 is 1. The number of fused-ring (bicyclic) bond motifs is 1. The average molecular weight is 361 g/mol. The first-order valence-corrected chi connectivity index (χ1v) is 10.2. The molecule has 0 saturated carbocycles. The maximum absolute atomic E-state index is 12.4. The van der Waals surface area contributed by atoms with Crippen molar-refractivity contribution in [2.75, 3.05) is 26.0 Å². The van der Waals surface area contributed by atoms with Gasteiger partial charge in [-0.3, -0.25) is 4.79 Å². The maximum atomic E-state index is 12.4. The summed E-state index contributed by atoms with van der Waals surface area (Å²) in [5.74, 6) is 0.909. The molecule has 0 bridgehead atoms. The quantitative estimate of drug-likeness (QED) is 0.793. The lowest BCUT2D eigenvalue weighted by Gasteiger charge is -2.38. The lowest BCUT2D eigenvalue weighted by atomic mass is 9.99. The van der Waals surface area contributed by atoms with E-state index in [-0.39, 0.29) is 11.7 Å². The standard InChI is InChI=1S/C19H23NO4S/c1-3-25(22,23)15-12-20(13-15)19(21)11-9-17-16-7-5-4-6-14(16)8-10-18(17)24-2/h4-8,10,15H,3,9,11-13H2,1-2H3. The van der Waals surface area contributed by atoms with Crippen LogP contribution in [0.4, 0.5) is 0 Å². The van der Waals surface area contributed by atoms with Gasteiger partial charge < -0.3 is 9.64 Å². The number of likely N-dealkylation sites (tertiary alicyclic amines) is 1. The molecule has 6 heteroatoms. The van der Waals surface area contributed by atoms with Crippen molar-refractivity contribution in [3.8, 4) is 5.75 Å². The number of nitrogens with zero attached hydrogens (tertiary/aromatic N) is 1. The molecular formula is C19H23NO4S. The normalized spacial score (nSPS) is 15.2. The molecule has 1 amide bonds. The summed E-state index contributed by atoms with van der Waals surface area (Å²) in [5, 5.41) is 1.81. The van der Waals surface area contributed by atoms with Gasteiger partial charge in [-0.05, 0) is 23.3 Å². The van der Waals surface area contributed by atoms with Gasteiger partial charge in [0.2, 0.25) is 5.91 Å². The van der Waals surface area contributed by atoms with Gasteiger partial charge in [-0.2, -0.15) is 0 Å². The number of hydrogen-bond acceptors (Lipinski definition) is 4. The molecule has 0 atom stereocenters. The van der Waals surface area contributed by atoms with E-state index in [1.807, 2.05) is 36.4 Å². The molecule has 0 N–H and O–H groups in total. The molecule has 0 unspecified atom stereocenters. The molecule has 0 aromatic heterocycles. The van der Waals surface area contributed by atoms with Crippen molar-refractivity contribution >= 4 is 26.5 Å². The molecule has 5 nitrogen and oxygen atoms in total. The van der Waals surface area contributed by atoms with E-state index in [4.69, 9.17) is 4.74 Å². The number of aryl methyl sites for hydroxylation is 1. The summed E-state index contributed by atoms with van der Waals surface area (Å²) in [6.45, 7) is 2.29. The van der Waals surface area contributed by atoms with Crippen LogP contribution in [0.25, 0.3) is 10.8 Å². The Bertz CT molecular complexity index is 885. The van der Waals surface area contributed by atoms with Crippen LogP contribution in [0.1, 0.15) is 18.9 Å². The average Bonchev–Trinajstić information content (AvgIpc) is 2.57. The molecule has 1 aliphatic heterocycles. The lowest BCUT2D eigenvalue weighted by Crippen LogP contribution is -2.57. The highest BCUT2D eigenvalue weighted by molar-refractivity contribution is 7.92. The summed E-state index contributed by atoms with van der Waals surface area (Å²) < 4.78 is 29.1. The van der Waals surface area contributed by atoms with Crippen molar-refractivity contribution < 1.29 is 17.9 Å². The van der Waals surface area contributed by atoms with E-state index in [9.17, 15) is 13.2 Å². The van der Waals surface area contributed by atoms with Gasteiger partial charge in [0.05, 0.1) is 12.4 Å². The van der Waals surface area contributed by atoms with Crippen molar-refractivity contribution in [1.29, 1.82) is 0 Å². The number of rotatable bonds is 6. The van der Waals surface area contributed by atoms with E-state index in [0.717, 1.165) is 22.1 Å². The summed E-state index contributed by atoms with van der Waals surface area (Å²) in [5.41, 5.74) is 1.02. The second-order valence-corrected chi connectivity index (χ2v) is 8.91. The van der Waals surface area contributed by atoms with Crippen LogP contribution in [-0.2, 0) is 21.1 Å². The first-order valence-electron chi connectivity index (χ1n) is 8.50. The Balaban J connectivity index is 1.68. The van der Waals surface area contributed by atoms with Gasteiger partial charge >= 0.3 is 0 Å². The van der Waals surface area contributed by atoms with Crippen LogP contribution in [-0.4, -0.2) is 50.4 Å². The van der Waals surface area contributed by atoms with Crippen LogP contribution >= 0.6 is 0 Å². The summed E-state index contributed by atoms with van der Waals surface area (Å²) in [6, 6.07) is 12.0. The zero-order chi connectivity index (χ0) is 18.0. The van der Waals surface area contributed by atoms with Crippen molar-refractivity contribution in [3.05, 3.63) is 42.0 Å². The highest BCUT2D eigenvalue weighted by atomic mass is 32.2. The molecule has 3 rings (SSSR count). The lowest BCUT2D eigenvalue weighted by molar-refractivity contribution is -0.134. The van der Waals surface area contributed by atoms with Crippen molar-refractivity contribution in [2.45, 2.75) is 25.0 Å². The minimum atomic E-state index is -3.05. The maximum Gasteiger partial charge on any atom is 0.222 e. The van der Waals surface area contributed by atoms with Crippen molar-refractivity contribution in [1.82, 2.24) is 4.90 Å². The predicted molar refractivity (Wildman–Crippen MR) is 98.6 cm³/mol. The van der Waals surface area contributed by atoms with Crippen LogP contribution in [0.2, 0.25) is 0 Å². The van der Waals surface area contributed by atoms with E-state index < -0.39 is 15.1 Å². The largest absolute Gasteiger partial charge is 0.496 e. The Hall–Kier alpha value is -2.08. The Kier molecular flexibility index (Phi) is 4.99. The van der Waals surface area contributed by atoms with Crippen molar-refractivity contribution in [2.24, 2.45) is 0 Å². The van der Waals surface area contributed by atoms with Gasteiger partial charge in [-0.25, -0.2) is 8.42 Å². The number of amides is 1. The van der Waals surface area contributed by atoms with Crippen LogP contribution in [0.3, 0.4) is 0 Å². The minimum absolute atomic E-state index is 0.00228. The van der Waals surface area contributed by atoms with E-state index >= 15 is 0 Å². The molecule has 0 spiro atoms. The van der Waals surface area contributed by atoms with Gasteiger partial charge in [-0.15, -0.1) is 0 Å². The third-order valence-electron chi connectivity index (χ3n) is 4.92. The zero-order valence-corrected chi connectivity index (χ0v) is 15.4. The molecular weight excluding hydrogens is 338 g/mol. The van der Waals surface area contributed by atoms with Crippen molar-refractivity contribution in [3.63, 3.8) is 0 Å². The molecule has 2 aromatic carbocycles. The molecule has 2 aromatic rings. The van der Waals surface area contributed by atoms with Gasteiger partial charge in [0.1, 0.15) is 5.75 Å². The monoisotopic (exact) mass is 361 g/mol. The summed E-state index contributed by atoms with van der Waals surface area (Å²) in [7, 11) is -1.42. The fourth-order valence-electron chi connectivity index (χ4n) is 3.26. The third kappa shape index (κ3) is 3.49. The number of sulfone groups is 1. The van der Waals surface area contributed by atoms with Crippen LogP contribution < -0.4 is 4.74 Å². The molecule has 0 radical (unpaired) electrons. The first kappa shape index (κ1) is 17.7. The fourth-order valence-corrected chi connectivity index (χ4v) is 4.55. The zero-order valence-electron chi connectivity index (χ0n) is 14.6. The minimum Gasteiger partial charge on any atom is -0.496 e. The number of carbonyl (C=O) groups is 1. The molecule has 0 aliphatic carbocycles. The van der Waals surface area contributed by atoms with E-state index in [1.54, 1.807) is 18.9 Å². The molecule has 1 heterocycles. The Morgan fingerprint density at radius 3 is 2.60 bits per heavy atom. The van der Waals surface area contributed by atoms with Crippen LogP contribution in [0.15, 0.2) is 36.4 Å². The smallest absolute Gasteiger partial charge is 0.222 e.